The van der Waals surface area contributed by atoms with Gasteiger partial charge in [0.2, 0.25) is 6.19 Å². The normalized spacial score (nSPS) is 10.1. The van der Waals surface area contributed by atoms with E-state index >= 15 is 0 Å². The first-order valence-electron chi connectivity index (χ1n) is 5.38. The lowest BCUT2D eigenvalue weighted by molar-refractivity contribution is 0.410. The Labute approximate surface area is 103 Å². The molecule has 0 aliphatic rings. The molecule has 0 spiro atoms. The Kier molecular flexibility index (Phi) is 3.24. The maximum absolute atomic E-state index is 13.5. The molecule has 0 aliphatic heterocycles. The lowest BCUT2D eigenvalue weighted by Crippen LogP contribution is -1.97. The van der Waals surface area contributed by atoms with E-state index in [2.05, 4.69) is 10.1 Å². The molecule has 0 aliphatic carbocycles. The second-order valence-corrected chi connectivity index (χ2v) is 3.61. The standard InChI is InChI=1S/C12H11FN4O/c1-3-8-4-9(13)5-10(11(8)18-2)12-15-7-17(6-14)16-12/h4-5,7H,3H2,1-2H3. The molecule has 0 fully saturated rings. The molecule has 2 rings (SSSR count). The fourth-order valence-corrected chi connectivity index (χ4v) is 1.75. The molecule has 1 aromatic heterocycles. The number of aryl methyl sites for hydroxylation is 1. The van der Waals surface area contributed by atoms with Crippen molar-refractivity contribution in [2.75, 3.05) is 7.11 Å². The van der Waals surface area contributed by atoms with Crippen LogP contribution in [-0.2, 0) is 6.42 Å². The molecule has 5 nitrogen and oxygen atoms in total. The fraction of sp³-hybridized carbons (Fsp3) is 0.250. The van der Waals surface area contributed by atoms with Crippen LogP contribution in [0.2, 0.25) is 0 Å². The number of nitriles is 1. The minimum absolute atomic E-state index is 0.266. The number of hydrogen-bond acceptors (Lipinski definition) is 4. The van der Waals surface area contributed by atoms with Crippen LogP contribution >= 0.6 is 0 Å². The number of hydrogen-bond donors (Lipinski definition) is 0. The van der Waals surface area contributed by atoms with Crippen LogP contribution in [0.15, 0.2) is 18.5 Å². The lowest BCUT2D eigenvalue weighted by Gasteiger charge is -2.10. The molecule has 0 N–H and O–H groups in total. The van der Waals surface area contributed by atoms with Gasteiger partial charge in [-0.2, -0.15) is 9.94 Å². The maximum Gasteiger partial charge on any atom is 0.207 e. The van der Waals surface area contributed by atoms with Gasteiger partial charge in [-0.25, -0.2) is 9.37 Å². The SMILES string of the molecule is CCc1cc(F)cc(-c2ncn(C#N)n2)c1OC. The van der Waals surface area contributed by atoms with Crippen molar-refractivity contribution in [1.29, 1.82) is 5.26 Å². The van der Waals surface area contributed by atoms with E-state index in [1.165, 1.54) is 25.6 Å². The Hall–Kier alpha value is -2.42. The van der Waals surface area contributed by atoms with E-state index < -0.39 is 0 Å². The number of methoxy groups -OCH3 is 1. The van der Waals surface area contributed by atoms with Gasteiger partial charge in [0.25, 0.3) is 0 Å². The molecule has 0 saturated carbocycles. The molecule has 2 aromatic rings. The summed E-state index contributed by atoms with van der Waals surface area (Å²) in [5.41, 5.74) is 1.18. The van der Waals surface area contributed by atoms with Crippen LogP contribution in [0, 0.1) is 17.3 Å². The third-order valence-electron chi connectivity index (χ3n) is 2.55. The average molecular weight is 246 g/mol. The summed E-state index contributed by atoms with van der Waals surface area (Å²) in [6, 6.07) is 2.72. The molecule has 6 heteroatoms. The fourth-order valence-electron chi connectivity index (χ4n) is 1.75. The van der Waals surface area contributed by atoms with Gasteiger partial charge in [-0.3, -0.25) is 0 Å². The van der Waals surface area contributed by atoms with Gasteiger partial charge in [0.15, 0.2) is 5.82 Å². The largest absolute Gasteiger partial charge is 0.496 e. The highest BCUT2D eigenvalue weighted by Gasteiger charge is 2.15. The van der Waals surface area contributed by atoms with E-state index in [4.69, 9.17) is 10.00 Å². The number of aromatic nitrogens is 3. The van der Waals surface area contributed by atoms with Gasteiger partial charge >= 0.3 is 0 Å². The first-order chi connectivity index (χ1) is 8.69. The number of halogens is 1. The van der Waals surface area contributed by atoms with Crippen molar-refractivity contribution in [3.8, 4) is 23.3 Å². The Morgan fingerprint density at radius 1 is 1.50 bits per heavy atom. The molecule has 1 aromatic carbocycles. The molecular weight excluding hydrogens is 235 g/mol. The molecule has 0 bridgehead atoms. The molecule has 0 unspecified atom stereocenters. The van der Waals surface area contributed by atoms with Crippen molar-refractivity contribution in [1.82, 2.24) is 14.8 Å². The van der Waals surface area contributed by atoms with E-state index in [1.54, 1.807) is 6.19 Å². The summed E-state index contributed by atoms with van der Waals surface area (Å²) in [6.45, 7) is 1.91. The van der Waals surface area contributed by atoms with Crippen molar-refractivity contribution in [3.05, 3.63) is 29.8 Å². The van der Waals surface area contributed by atoms with E-state index in [-0.39, 0.29) is 11.6 Å². The zero-order chi connectivity index (χ0) is 13.1. The van der Waals surface area contributed by atoms with Gasteiger partial charge in [0, 0.05) is 0 Å². The molecule has 0 saturated heterocycles. The van der Waals surface area contributed by atoms with Gasteiger partial charge in [0.1, 0.15) is 17.9 Å². The second kappa shape index (κ2) is 4.84. The molecule has 0 atom stereocenters. The van der Waals surface area contributed by atoms with Crippen LogP contribution in [0.3, 0.4) is 0 Å². The van der Waals surface area contributed by atoms with Crippen molar-refractivity contribution in [2.24, 2.45) is 0 Å². The predicted octanol–water partition coefficient (Wildman–Crippen LogP) is 1.98. The summed E-state index contributed by atoms with van der Waals surface area (Å²) in [7, 11) is 1.51. The van der Waals surface area contributed by atoms with Crippen molar-refractivity contribution >= 4 is 0 Å². The lowest BCUT2D eigenvalue weighted by atomic mass is 10.1. The van der Waals surface area contributed by atoms with E-state index in [9.17, 15) is 4.39 Å². The molecule has 18 heavy (non-hydrogen) atoms. The smallest absolute Gasteiger partial charge is 0.207 e. The van der Waals surface area contributed by atoms with Gasteiger partial charge in [-0.05, 0) is 24.1 Å². The Morgan fingerprint density at radius 2 is 2.28 bits per heavy atom. The summed E-state index contributed by atoms with van der Waals surface area (Å²) in [5, 5.41) is 12.6. The van der Waals surface area contributed by atoms with Crippen LogP contribution in [0.1, 0.15) is 12.5 Å². The quantitative estimate of drug-likeness (QED) is 0.830. The van der Waals surface area contributed by atoms with Crippen LogP contribution in [0.25, 0.3) is 11.4 Å². The van der Waals surface area contributed by atoms with Crippen molar-refractivity contribution in [2.45, 2.75) is 13.3 Å². The average Bonchev–Trinajstić information content (AvgIpc) is 2.86. The minimum atomic E-state index is -0.379. The van der Waals surface area contributed by atoms with E-state index in [0.717, 1.165) is 10.2 Å². The summed E-state index contributed by atoms with van der Waals surface area (Å²) in [5.74, 6) is 0.424. The maximum atomic E-state index is 13.5. The number of rotatable bonds is 3. The molecule has 0 amide bonds. The summed E-state index contributed by atoms with van der Waals surface area (Å²) < 4.78 is 19.8. The van der Waals surface area contributed by atoms with Gasteiger partial charge < -0.3 is 4.74 Å². The molecule has 0 radical (unpaired) electrons. The van der Waals surface area contributed by atoms with E-state index in [0.29, 0.717) is 17.7 Å². The second-order valence-electron chi connectivity index (χ2n) is 3.61. The van der Waals surface area contributed by atoms with Gasteiger partial charge in [-0.15, -0.1) is 5.10 Å². The topological polar surface area (TPSA) is 63.7 Å². The zero-order valence-corrected chi connectivity index (χ0v) is 10.0. The summed E-state index contributed by atoms with van der Waals surface area (Å²) in [4.78, 5) is 3.97. The van der Waals surface area contributed by atoms with Crippen LogP contribution in [0.4, 0.5) is 4.39 Å². The molecule has 92 valence electrons. The minimum Gasteiger partial charge on any atom is -0.496 e. The molecule has 1 heterocycles. The van der Waals surface area contributed by atoms with Crippen LogP contribution in [0.5, 0.6) is 5.75 Å². The number of nitrogens with zero attached hydrogens (tertiary/aromatic N) is 4. The Bertz CT molecular complexity index is 615. The van der Waals surface area contributed by atoms with Crippen LogP contribution in [-0.4, -0.2) is 21.9 Å². The van der Waals surface area contributed by atoms with Crippen LogP contribution < -0.4 is 4.74 Å². The molecular formula is C12H11FN4O. The summed E-state index contributed by atoms with van der Waals surface area (Å²) >= 11 is 0. The Morgan fingerprint density at radius 3 is 2.83 bits per heavy atom. The van der Waals surface area contributed by atoms with Gasteiger partial charge in [0.05, 0.1) is 12.7 Å². The summed E-state index contributed by atoms with van der Waals surface area (Å²) in [6.07, 6.45) is 3.71. The Balaban J connectivity index is 2.62. The third-order valence-corrected chi connectivity index (χ3v) is 2.55. The first kappa shape index (κ1) is 12.0. The first-order valence-corrected chi connectivity index (χ1v) is 5.38. The monoisotopic (exact) mass is 246 g/mol. The zero-order valence-electron chi connectivity index (χ0n) is 10.0. The number of ether oxygens (including phenoxy) is 1. The van der Waals surface area contributed by atoms with Crippen molar-refractivity contribution < 1.29 is 9.13 Å². The van der Waals surface area contributed by atoms with Crippen molar-refractivity contribution in [3.63, 3.8) is 0 Å². The number of benzene rings is 1. The van der Waals surface area contributed by atoms with Gasteiger partial charge in [-0.1, -0.05) is 6.92 Å². The highest BCUT2D eigenvalue weighted by Crippen LogP contribution is 2.32. The highest BCUT2D eigenvalue weighted by atomic mass is 19.1. The highest BCUT2D eigenvalue weighted by molar-refractivity contribution is 5.66. The van der Waals surface area contributed by atoms with E-state index in [1.807, 2.05) is 6.92 Å². The third kappa shape index (κ3) is 2.02. The predicted molar refractivity (Wildman–Crippen MR) is 62.4 cm³/mol.